The van der Waals surface area contributed by atoms with Crippen molar-refractivity contribution in [2.24, 2.45) is 0 Å². The quantitative estimate of drug-likeness (QED) is 0.755. The van der Waals surface area contributed by atoms with Crippen LogP contribution in [-0.4, -0.2) is 46.5 Å². The van der Waals surface area contributed by atoms with E-state index in [1.807, 2.05) is 20.2 Å². The van der Waals surface area contributed by atoms with Gasteiger partial charge in [0.1, 0.15) is 4.21 Å². The molecule has 0 aliphatic rings. The molecular formula is C12H23N3O2S2. The topological polar surface area (TPSA) is 61.4 Å². The predicted octanol–water partition coefficient (Wildman–Crippen LogP) is 1.09. The monoisotopic (exact) mass is 305 g/mol. The van der Waals surface area contributed by atoms with E-state index in [1.54, 1.807) is 6.07 Å². The minimum atomic E-state index is -3.37. The van der Waals surface area contributed by atoms with Crippen LogP contribution in [0, 0.1) is 0 Å². The molecule has 0 aromatic carbocycles. The van der Waals surface area contributed by atoms with E-state index in [-0.39, 0.29) is 0 Å². The molecule has 2 N–H and O–H groups in total. The summed E-state index contributed by atoms with van der Waals surface area (Å²) < 4.78 is 27.1. The maximum atomic E-state index is 12.1. The van der Waals surface area contributed by atoms with E-state index in [2.05, 4.69) is 28.8 Å². The lowest BCUT2D eigenvalue weighted by atomic mass is 10.3. The summed E-state index contributed by atoms with van der Waals surface area (Å²) in [5.74, 6) is 0. The highest BCUT2D eigenvalue weighted by Crippen LogP contribution is 2.21. The Labute approximate surface area is 120 Å². The molecule has 0 saturated heterocycles. The van der Waals surface area contributed by atoms with Crippen molar-refractivity contribution in [1.29, 1.82) is 0 Å². The third-order valence-electron chi connectivity index (χ3n) is 2.89. The van der Waals surface area contributed by atoms with Crippen molar-refractivity contribution in [2.45, 2.75) is 30.6 Å². The number of rotatable bonds is 8. The van der Waals surface area contributed by atoms with Crippen LogP contribution in [0.3, 0.4) is 0 Å². The molecule has 1 rings (SSSR count). The minimum Gasteiger partial charge on any atom is -0.315 e. The molecule has 19 heavy (non-hydrogen) atoms. The van der Waals surface area contributed by atoms with Gasteiger partial charge in [-0.15, -0.1) is 11.3 Å². The smallest absolute Gasteiger partial charge is 0.250 e. The summed E-state index contributed by atoms with van der Waals surface area (Å²) in [5.41, 5.74) is 0. The van der Waals surface area contributed by atoms with E-state index < -0.39 is 10.0 Å². The van der Waals surface area contributed by atoms with E-state index in [9.17, 15) is 8.42 Å². The molecular weight excluding hydrogens is 282 g/mol. The van der Waals surface area contributed by atoms with Crippen LogP contribution < -0.4 is 10.0 Å². The predicted molar refractivity (Wildman–Crippen MR) is 80.0 cm³/mol. The molecule has 0 amide bonds. The molecule has 0 aliphatic heterocycles. The van der Waals surface area contributed by atoms with Gasteiger partial charge in [0.2, 0.25) is 10.0 Å². The van der Waals surface area contributed by atoms with E-state index in [1.165, 1.54) is 11.3 Å². The first kappa shape index (κ1) is 16.6. The third kappa shape index (κ3) is 5.19. The molecule has 0 spiro atoms. The second-order valence-corrected chi connectivity index (χ2v) is 7.89. The van der Waals surface area contributed by atoms with Gasteiger partial charge in [0, 0.05) is 30.6 Å². The summed E-state index contributed by atoms with van der Waals surface area (Å²) in [4.78, 5) is 3.12. The highest BCUT2D eigenvalue weighted by molar-refractivity contribution is 7.91. The largest absolute Gasteiger partial charge is 0.315 e. The SMILES string of the molecule is CNCc1ccc(S(=O)(=O)NCCN(C)C(C)C)s1. The van der Waals surface area contributed by atoms with Gasteiger partial charge in [0.25, 0.3) is 0 Å². The highest BCUT2D eigenvalue weighted by Gasteiger charge is 2.16. The first-order chi connectivity index (χ1) is 8.86. The van der Waals surface area contributed by atoms with Crippen LogP contribution in [0.4, 0.5) is 0 Å². The van der Waals surface area contributed by atoms with Gasteiger partial charge in [-0.05, 0) is 40.1 Å². The van der Waals surface area contributed by atoms with E-state index in [4.69, 9.17) is 0 Å². The zero-order valence-corrected chi connectivity index (χ0v) is 13.6. The molecule has 0 bridgehead atoms. The van der Waals surface area contributed by atoms with Gasteiger partial charge < -0.3 is 10.2 Å². The second-order valence-electron chi connectivity index (χ2n) is 4.72. The Morgan fingerprint density at radius 1 is 1.37 bits per heavy atom. The summed E-state index contributed by atoms with van der Waals surface area (Å²) in [5, 5.41) is 3.01. The highest BCUT2D eigenvalue weighted by atomic mass is 32.2. The summed E-state index contributed by atoms with van der Waals surface area (Å²) in [6, 6.07) is 3.91. The van der Waals surface area contributed by atoms with Gasteiger partial charge in [-0.1, -0.05) is 0 Å². The Kier molecular flexibility index (Phi) is 6.41. The summed E-state index contributed by atoms with van der Waals surface area (Å²) in [6.07, 6.45) is 0. The zero-order chi connectivity index (χ0) is 14.5. The number of sulfonamides is 1. The van der Waals surface area contributed by atoms with Crippen LogP contribution in [-0.2, 0) is 16.6 Å². The zero-order valence-electron chi connectivity index (χ0n) is 11.9. The molecule has 0 radical (unpaired) electrons. The maximum Gasteiger partial charge on any atom is 0.250 e. The van der Waals surface area contributed by atoms with Crippen LogP contribution in [0.5, 0.6) is 0 Å². The summed E-state index contributed by atoms with van der Waals surface area (Å²) >= 11 is 1.30. The van der Waals surface area contributed by atoms with Crippen molar-refractivity contribution in [3.05, 3.63) is 17.0 Å². The minimum absolute atomic E-state index is 0.380. The Morgan fingerprint density at radius 2 is 2.05 bits per heavy atom. The Morgan fingerprint density at radius 3 is 2.63 bits per heavy atom. The molecule has 7 heteroatoms. The number of thiophene rings is 1. The van der Waals surface area contributed by atoms with Crippen molar-refractivity contribution in [3.8, 4) is 0 Å². The van der Waals surface area contributed by atoms with E-state index >= 15 is 0 Å². The van der Waals surface area contributed by atoms with Crippen LogP contribution in [0.15, 0.2) is 16.3 Å². The first-order valence-corrected chi connectivity index (χ1v) is 8.60. The standard InChI is InChI=1S/C12H23N3O2S2/c1-10(2)15(4)8-7-14-19(16,17)12-6-5-11(18-12)9-13-3/h5-6,10,13-14H,7-9H2,1-4H3. The molecule has 0 atom stereocenters. The van der Waals surface area contributed by atoms with E-state index in [0.29, 0.717) is 29.9 Å². The van der Waals surface area contributed by atoms with Crippen molar-refractivity contribution >= 4 is 21.4 Å². The van der Waals surface area contributed by atoms with Crippen LogP contribution in [0.2, 0.25) is 0 Å². The first-order valence-electron chi connectivity index (χ1n) is 6.30. The molecule has 0 aliphatic carbocycles. The van der Waals surface area contributed by atoms with Gasteiger partial charge in [-0.3, -0.25) is 0 Å². The fraction of sp³-hybridized carbons (Fsp3) is 0.667. The lowest BCUT2D eigenvalue weighted by molar-refractivity contribution is 0.278. The van der Waals surface area contributed by atoms with Gasteiger partial charge >= 0.3 is 0 Å². The van der Waals surface area contributed by atoms with Gasteiger partial charge in [-0.25, -0.2) is 13.1 Å². The van der Waals surface area contributed by atoms with Gasteiger partial charge in [-0.2, -0.15) is 0 Å². The molecule has 0 fully saturated rings. The molecule has 0 unspecified atom stereocenters. The number of hydrogen-bond donors (Lipinski definition) is 2. The number of nitrogens with one attached hydrogen (secondary N) is 2. The lowest BCUT2D eigenvalue weighted by Crippen LogP contribution is -2.35. The molecule has 5 nitrogen and oxygen atoms in total. The van der Waals surface area contributed by atoms with Crippen molar-refractivity contribution in [3.63, 3.8) is 0 Å². The molecule has 1 heterocycles. The maximum absolute atomic E-state index is 12.1. The van der Waals surface area contributed by atoms with Crippen molar-refractivity contribution in [1.82, 2.24) is 14.9 Å². The molecule has 1 aromatic heterocycles. The Hall–Kier alpha value is -0.470. The van der Waals surface area contributed by atoms with Crippen LogP contribution in [0.25, 0.3) is 0 Å². The van der Waals surface area contributed by atoms with Gasteiger partial charge in [0.15, 0.2) is 0 Å². The Balaban J connectivity index is 2.55. The van der Waals surface area contributed by atoms with Crippen molar-refractivity contribution in [2.75, 3.05) is 27.2 Å². The van der Waals surface area contributed by atoms with Crippen LogP contribution in [0.1, 0.15) is 18.7 Å². The van der Waals surface area contributed by atoms with Gasteiger partial charge in [0.05, 0.1) is 0 Å². The average Bonchev–Trinajstić information content (AvgIpc) is 2.78. The average molecular weight is 305 g/mol. The molecule has 1 aromatic rings. The third-order valence-corrected chi connectivity index (χ3v) is 5.93. The molecule has 110 valence electrons. The number of likely N-dealkylation sites (N-methyl/N-ethyl adjacent to an activating group) is 1. The summed E-state index contributed by atoms with van der Waals surface area (Å²) in [7, 11) is 0.457. The van der Waals surface area contributed by atoms with Crippen molar-refractivity contribution < 1.29 is 8.42 Å². The normalized spacial score (nSPS) is 12.5. The summed E-state index contributed by atoms with van der Waals surface area (Å²) in [6.45, 7) is 5.98. The number of nitrogens with zero attached hydrogens (tertiary/aromatic N) is 1. The molecule has 0 saturated carbocycles. The second kappa shape index (κ2) is 7.35. The Bertz CT molecular complexity index is 483. The lowest BCUT2D eigenvalue weighted by Gasteiger charge is -2.20. The van der Waals surface area contributed by atoms with E-state index in [0.717, 1.165) is 4.88 Å². The fourth-order valence-electron chi connectivity index (χ4n) is 1.46. The fourth-order valence-corrected chi connectivity index (χ4v) is 3.89. The number of hydrogen-bond acceptors (Lipinski definition) is 5. The van der Waals surface area contributed by atoms with Crippen LogP contribution >= 0.6 is 11.3 Å².